The van der Waals surface area contributed by atoms with Gasteiger partial charge in [0.25, 0.3) is 0 Å². The van der Waals surface area contributed by atoms with Gasteiger partial charge in [0.05, 0.1) is 53.4 Å². The van der Waals surface area contributed by atoms with Gasteiger partial charge in [0, 0.05) is 37.0 Å². The van der Waals surface area contributed by atoms with Gasteiger partial charge in [0.1, 0.15) is 53.8 Å². The van der Waals surface area contributed by atoms with E-state index < -0.39 is 160 Å². The highest BCUT2D eigenvalue weighted by atomic mass is 32.2. The fourth-order valence-corrected chi connectivity index (χ4v) is 10.8. The molecule has 7 N–H and O–H groups in total. The zero-order valence-electron chi connectivity index (χ0n) is 45.8. The second-order valence-corrected chi connectivity index (χ2v) is 22.8. The molecule has 1 heterocycles. The van der Waals surface area contributed by atoms with E-state index in [2.05, 4.69) is 11.1 Å². The molecule has 1 saturated heterocycles. The summed E-state index contributed by atoms with van der Waals surface area (Å²) in [5, 5.41) is 40.8. The number of Topliss-reactive ketones (excluding diaryl/α,β-unsaturated/α-hetero) is 1. The average molecular weight is 1140 g/mol. The van der Waals surface area contributed by atoms with Gasteiger partial charge in [-0.25, -0.2) is 32.4 Å². The summed E-state index contributed by atoms with van der Waals surface area (Å²) in [6, 6.07) is 10.8. The normalized spacial score (nSPS) is 28.0. The van der Waals surface area contributed by atoms with Gasteiger partial charge in [0.15, 0.2) is 24.0 Å². The zero-order chi connectivity index (χ0) is 59.4. The van der Waals surface area contributed by atoms with E-state index in [0.717, 1.165) is 6.92 Å². The monoisotopic (exact) mass is 1130 g/mol. The summed E-state index contributed by atoms with van der Waals surface area (Å²) in [5.41, 5.74) is -5.90. The third-order valence-electron chi connectivity index (χ3n) is 14.5. The number of methoxy groups -OCH3 is 1. The predicted molar refractivity (Wildman–Crippen MR) is 269 cm³/mol. The van der Waals surface area contributed by atoms with Gasteiger partial charge >= 0.3 is 41.9 Å². The first kappa shape index (κ1) is 63.3. The van der Waals surface area contributed by atoms with Crippen LogP contribution < -0.4 is 15.8 Å². The fraction of sp³-hybridized carbons (Fsp3) is 0.585. The Balaban J connectivity index is 0.00000219. The zero-order valence-corrected chi connectivity index (χ0v) is 46.6. The van der Waals surface area contributed by atoms with E-state index in [0.29, 0.717) is 6.26 Å². The number of ketones is 1. The quantitative estimate of drug-likeness (QED) is 0.0679. The number of ether oxygens (including phenoxy) is 9. The van der Waals surface area contributed by atoms with Crippen LogP contribution in [0.3, 0.4) is 0 Å². The minimum absolute atomic E-state index is 0.00875. The van der Waals surface area contributed by atoms with Crippen LogP contribution in [0.15, 0.2) is 65.7 Å². The Morgan fingerprint density at radius 3 is 2.10 bits per heavy atom. The van der Waals surface area contributed by atoms with Crippen molar-refractivity contribution in [2.45, 2.75) is 147 Å². The minimum atomic E-state index is -3.92. The number of carbonyl (C=O) groups is 8. The second-order valence-electron chi connectivity index (χ2n) is 21.4. The molecule has 0 radical (unpaired) electrons. The summed E-state index contributed by atoms with van der Waals surface area (Å²) in [7, 11) is -2.62. The first-order valence-electron chi connectivity index (χ1n) is 25.1. The van der Waals surface area contributed by atoms with Crippen LogP contribution in [0.25, 0.3) is 0 Å². The molecule has 0 aromatic heterocycles. The van der Waals surface area contributed by atoms with Crippen LogP contribution in [0.5, 0.6) is 5.75 Å². The lowest BCUT2D eigenvalue weighted by Crippen LogP contribution is -2.81. The number of fused-ring (bicyclic) bond motifs is 5. The number of hydrogen-bond acceptors (Lipinski definition) is 23. The Kier molecular flexibility index (Phi) is 19.6. The Labute approximate surface area is 456 Å². The van der Waals surface area contributed by atoms with E-state index in [1.807, 2.05) is 0 Å². The minimum Gasteiger partial charge on any atom is -0.748 e. The van der Waals surface area contributed by atoms with Crippen molar-refractivity contribution in [3.8, 4) is 5.75 Å². The summed E-state index contributed by atoms with van der Waals surface area (Å²) in [6.45, 7) is 11.6. The lowest BCUT2D eigenvalue weighted by Gasteiger charge is -2.67. The lowest BCUT2D eigenvalue weighted by atomic mass is 9.44. The van der Waals surface area contributed by atoms with E-state index in [4.69, 9.17) is 55.6 Å². The number of aliphatic hydroxyl groups is 3. The molecule has 12 atom stereocenters. The number of rotatable bonds is 16. The van der Waals surface area contributed by atoms with Crippen LogP contribution in [0.1, 0.15) is 104 Å². The lowest BCUT2D eigenvalue weighted by molar-refractivity contribution is -0.407. The summed E-state index contributed by atoms with van der Waals surface area (Å²) >= 11 is 0. The van der Waals surface area contributed by atoms with Crippen molar-refractivity contribution < 1.29 is 115 Å². The third kappa shape index (κ3) is 13.7. The van der Waals surface area contributed by atoms with E-state index in [1.165, 1.54) is 65.1 Å². The Morgan fingerprint density at radius 1 is 0.937 bits per heavy atom. The number of quaternary nitrogens is 1. The summed E-state index contributed by atoms with van der Waals surface area (Å²) in [5.74, 6) is -9.04. The molecule has 79 heavy (non-hydrogen) atoms. The summed E-state index contributed by atoms with van der Waals surface area (Å²) in [4.78, 5) is 110. The maximum Gasteiger partial charge on any atom is 0.408 e. The molecule has 1 aliphatic heterocycles. The highest BCUT2D eigenvalue weighted by Crippen LogP contribution is 2.64. The van der Waals surface area contributed by atoms with Crippen LogP contribution in [0, 0.1) is 16.7 Å². The maximum absolute atomic E-state index is 15.3. The van der Waals surface area contributed by atoms with Gasteiger partial charge in [-0.05, 0) is 70.9 Å². The average Bonchev–Trinajstić information content (AvgIpc) is 2.27. The van der Waals surface area contributed by atoms with Crippen molar-refractivity contribution in [3.63, 3.8) is 0 Å². The maximum atomic E-state index is 15.3. The molecule has 0 unspecified atom stereocenters. The molecule has 2 bridgehead atoms. The highest BCUT2D eigenvalue weighted by molar-refractivity contribution is 7.84. The number of para-hydroxylation sites is 1. The predicted octanol–water partition coefficient (Wildman–Crippen LogP) is 1.09. The third-order valence-corrected chi connectivity index (χ3v) is 14.5. The van der Waals surface area contributed by atoms with Crippen molar-refractivity contribution in [1.29, 1.82) is 0 Å². The van der Waals surface area contributed by atoms with Crippen LogP contribution in [-0.4, -0.2) is 169 Å². The van der Waals surface area contributed by atoms with Crippen molar-refractivity contribution in [2.75, 3.05) is 33.2 Å². The fourth-order valence-electron chi connectivity index (χ4n) is 10.8. The standard InChI is InChI=1S/C52H66N2O20.CH4O3S/c1-11-67-45(62)30(53)21-35(57)68-24-36(58)71-40(38(54-47(64)74-48(4,5)6)29-19-15-16-20-31(29)66-10)46(63)70-32-23-52(65)43(72-44(61)28-17-13-12-14-18-28)41-50(9,42(60)39(59)37(26(32)2)49(52,7)8)33(56)22-34-51(41,25-69-34)73-27(3)55;1-5(2,3)4/h12-20,30,32-34,38-41,43,56,59,65H,11,21-25,53H2,1-10H3,(H,54,64);1H3,(H,2,3,4)/t30-,32-,33-,34+,38-,39+,40+,41-,43-,50+,51-,52+;/m0./s1. The Morgan fingerprint density at radius 2 is 1.54 bits per heavy atom. The van der Waals surface area contributed by atoms with Crippen molar-refractivity contribution >= 4 is 57.8 Å². The Bertz CT molecular complexity index is 2790. The summed E-state index contributed by atoms with van der Waals surface area (Å²) in [6.07, 6.45) is -12.8. The molecule has 26 heteroatoms. The van der Waals surface area contributed by atoms with Gasteiger partial charge in [-0.2, -0.15) is 0 Å². The number of hydrogen-bond donors (Lipinski definition) is 5. The molecule has 2 aromatic carbocycles. The van der Waals surface area contributed by atoms with Crippen LogP contribution in [0.4, 0.5) is 4.79 Å². The van der Waals surface area contributed by atoms with Gasteiger partial charge < -0.3 is 73.6 Å². The number of alkyl carbamates (subject to hydrolysis) is 1. The van der Waals surface area contributed by atoms with Crippen molar-refractivity contribution in [2.24, 2.45) is 16.7 Å². The number of amides is 1. The summed E-state index contributed by atoms with van der Waals surface area (Å²) < 4.78 is 78.6. The van der Waals surface area contributed by atoms with Crippen LogP contribution in [0.2, 0.25) is 0 Å². The highest BCUT2D eigenvalue weighted by Gasteiger charge is 2.78. The molecule has 2 aromatic rings. The second kappa shape index (κ2) is 24.4. The smallest absolute Gasteiger partial charge is 0.408 e. The Hall–Kier alpha value is -6.55. The number of nitrogens with one attached hydrogen (secondary N) is 1. The number of esters is 6. The van der Waals surface area contributed by atoms with Gasteiger partial charge in [-0.1, -0.05) is 50.2 Å². The first-order valence-corrected chi connectivity index (χ1v) is 26.9. The molecular formula is C53H70N2O23S. The topological polar surface area (TPSA) is 377 Å². The van der Waals surface area contributed by atoms with Crippen molar-refractivity contribution in [3.05, 3.63) is 76.9 Å². The number of benzene rings is 2. The number of carbonyl (C=O) groups excluding carboxylic acids is 8. The SMILES string of the molecule is CCOC(=O)[C@@H]([NH3+])CC(=O)OCC(=O)O[C@@H](C(=O)O[C@H]1C[C@@]2(O)[C@@H](OC(=O)c3ccccc3)[C@@H]3[C@]4(OC(C)=O)CO[C@@H]4C[C@H](O)[C@@]3(C)C(=O)[C@H](O)C(=C1C)C2(C)C)[C@@H](NC(=O)OC(C)(C)C)c1ccccc1OC.CS(=O)(=O)[O-]. The molecule has 436 valence electrons. The molecule has 3 aliphatic carbocycles. The largest absolute Gasteiger partial charge is 0.748 e. The molecule has 4 aliphatic rings. The first-order chi connectivity index (χ1) is 36.6. The molecular weight excluding hydrogens is 1060 g/mol. The molecule has 2 saturated carbocycles. The van der Waals surface area contributed by atoms with Crippen LogP contribution in [-0.2, 0) is 76.8 Å². The van der Waals surface area contributed by atoms with Gasteiger partial charge in [0.2, 0.25) is 6.10 Å². The van der Waals surface area contributed by atoms with Gasteiger partial charge in [-0.15, -0.1) is 0 Å². The van der Waals surface area contributed by atoms with E-state index >= 15 is 9.59 Å². The molecule has 1 amide bonds. The van der Waals surface area contributed by atoms with E-state index in [-0.39, 0.29) is 47.7 Å². The van der Waals surface area contributed by atoms with Gasteiger partial charge in [-0.3, -0.25) is 14.4 Å². The molecule has 0 spiro atoms. The van der Waals surface area contributed by atoms with E-state index in [9.17, 15) is 44.1 Å². The molecule has 6 rings (SSSR count). The van der Waals surface area contributed by atoms with Crippen LogP contribution >= 0.6 is 0 Å². The number of aliphatic hydroxyl groups excluding tert-OH is 2. The van der Waals surface area contributed by atoms with E-state index in [1.54, 1.807) is 52.0 Å². The molecule has 25 nitrogen and oxygen atoms in total. The van der Waals surface area contributed by atoms with Crippen molar-refractivity contribution in [1.82, 2.24) is 5.32 Å². The molecule has 3 fully saturated rings.